The Morgan fingerprint density at radius 2 is 2.07 bits per heavy atom. The standard InChI is InChI=1S/C11H12NO2S/c1-2-11-10(12-8-14-11)7-9(1)15-5-3-13-4-6-15/h1-2,7-8H,3-6H2/q+1. The van der Waals surface area contributed by atoms with Crippen LogP contribution in [0.1, 0.15) is 0 Å². The van der Waals surface area contributed by atoms with Crippen LogP contribution in [-0.4, -0.2) is 29.7 Å². The van der Waals surface area contributed by atoms with Gasteiger partial charge in [0.15, 0.2) is 16.9 Å². The zero-order valence-corrected chi connectivity index (χ0v) is 9.13. The minimum Gasteiger partial charge on any atom is -0.443 e. The summed E-state index contributed by atoms with van der Waals surface area (Å²) in [4.78, 5) is 5.57. The summed E-state index contributed by atoms with van der Waals surface area (Å²) in [6.45, 7) is 1.78. The summed E-state index contributed by atoms with van der Waals surface area (Å²) in [6.07, 6.45) is 1.50. The Labute approximate surface area is 90.8 Å². The van der Waals surface area contributed by atoms with E-state index < -0.39 is 0 Å². The van der Waals surface area contributed by atoms with Gasteiger partial charge in [0.2, 0.25) is 0 Å². The van der Waals surface area contributed by atoms with Crippen LogP contribution in [0.4, 0.5) is 0 Å². The molecule has 2 heterocycles. The Hall–Kier alpha value is -1.00. The van der Waals surface area contributed by atoms with Crippen LogP contribution in [0, 0.1) is 0 Å². The molecule has 1 saturated heterocycles. The molecule has 0 atom stereocenters. The SMILES string of the molecule is c1nc2cc([S+]3CCOCC3)ccc2o1. The quantitative estimate of drug-likeness (QED) is 0.691. The zero-order valence-electron chi connectivity index (χ0n) is 8.31. The van der Waals surface area contributed by atoms with Crippen LogP contribution < -0.4 is 0 Å². The lowest BCUT2D eigenvalue weighted by Crippen LogP contribution is -2.26. The molecule has 0 N–H and O–H groups in total. The average molecular weight is 222 g/mol. The maximum absolute atomic E-state index is 5.37. The number of rotatable bonds is 1. The molecule has 0 aliphatic carbocycles. The number of oxazole rings is 1. The fourth-order valence-electron chi connectivity index (χ4n) is 1.78. The molecule has 3 nitrogen and oxygen atoms in total. The third-order valence-electron chi connectivity index (χ3n) is 2.58. The normalized spacial score (nSPS) is 18.4. The molecule has 1 aliphatic rings. The molecule has 0 saturated carbocycles. The Morgan fingerprint density at radius 3 is 2.93 bits per heavy atom. The van der Waals surface area contributed by atoms with Crippen molar-refractivity contribution < 1.29 is 9.15 Å². The Morgan fingerprint density at radius 1 is 1.20 bits per heavy atom. The Balaban J connectivity index is 1.95. The molecule has 1 fully saturated rings. The highest BCUT2D eigenvalue weighted by Gasteiger charge is 2.25. The number of hydrogen-bond acceptors (Lipinski definition) is 3. The average Bonchev–Trinajstić information content (AvgIpc) is 2.77. The summed E-state index contributed by atoms with van der Waals surface area (Å²) in [5.74, 6) is 2.28. The van der Waals surface area contributed by atoms with Gasteiger partial charge in [-0.05, 0) is 12.1 Å². The summed E-state index contributed by atoms with van der Waals surface area (Å²) >= 11 is 0. The highest BCUT2D eigenvalue weighted by molar-refractivity contribution is 7.97. The first-order valence-electron chi connectivity index (χ1n) is 5.02. The molecule has 4 heteroatoms. The number of ether oxygens (including phenoxy) is 1. The van der Waals surface area contributed by atoms with Crippen LogP contribution >= 0.6 is 0 Å². The van der Waals surface area contributed by atoms with Gasteiger partial charge >= 0.3 is 0 Å². The highest BCUT2D eigenvalue weighted by atomic mass is 32.2. The maximum atomic E-state index is 5.37. The second-order valence-electron chi connectivity index (χ2n) is 3.50. The van der Waals surface area contributed by atoms with Crippen LogP contribution in [0.25, 0.3) is 11.1 Å². The number of nitrogens with zero attached hydrogens (tertiary/aromatic N) is 1. The lowest BCUT2D eigenvalue weighted by atomic mass is 10.3. The molecule has 1 aliphatic heterocycles. The smallest absolute Gasteiger partial charge is 0.181 e. The van der Waals surface area contributed by atoms with Crippen molar-refractivity contribution in [2.24, 2.45) is 0 Å². The van der Waals surface area contributed by atoms with E-state index in [4.69, 9.17) is 9.15 Å². The van der Waals surface area contributed by atoms with E-state index in [-0.39, 0.29) is 0 Å². The highest BCUT2D eigenvalue weighted by Crippen LogP contribution is 2.21. The van der Waals surface area contributed by atoms with Gasteiger partial charge in [0.05, 0.1) is 13.2 Å². The van der Waals surface area contributed by atoms with Crippen molar-refractivity contribution in [2.75, 3.05) is 24.7 Å². The van der Waals surface area contributed by atoms with E-state index in [2.05, 4.69) is 17.1 Å². The van der Waals surface area contributed by atoms with Gasteiger partial charge < -0.3 is 9.15 Å². The van der Waals surface area contributed by atoms with Gasteiger partial charge in [-0.25, -0.2) is 4.98 Å². The second kappa shape index (κ2) is 3.87. The van der Waals surface area contributed by atoms with Crippen LogP contribution in [-0.2, 0) is 15.6 Å². The molecule has 0 amide bonds. The second-order valence-corrected chi connectivity index (χ2v) is 5.77. The minimum atomic E-state index is 0.345. The molecule has 3 rings (SSSR count). The van der Waals surface area contributed by atoms with Crippen molar-refractivity contribution >= 4 is 22.0 Å². The minimum absolute atomic E-state index is 0.345. The molecule has 0 unspecified atom stereocenters. The van der Waals surface area contributed by atoms with Gasteiger partial charge in [-0.2, -0.15) is 0 Å². The monoisotopic (exact) mass is 222 g/mol. The fraction of sp³-hybridized carbons (Fsp3) is 0.364. The zero-order chi connectivity index (χ0) is 10.1. The van der Waals surface area contributed by atoms with Crippen molar-refractivity contribution in [3.63, 3.8) is 0 Å². The third kappa shape index (κ3) is 1.75. The van der Waals surface area contributed by atoms with Crippen LogP contribution in [0.5, 0.6) is 0 Å². The van der Waals surface area contributed by atoms with Crippen LogP contribution in [0.2, 0.25) is 0 Å². The van der Waals surface area contributed by atoms with Crippen molar-refractivity contribution in [1.29, 1.82) is 0 Å². The Bertz CT molecular complexity index is 462. The van der Waals surface area contributed by atoms with Gasteiger partial charge in [-0.1, -0.05) is 0 Å². The molecule has 1 aromatic carbocycles. The van der Waals surface area contributed by atoms with E-state index in [1.807, 2.05) is 6.07 Å². The predicted molar refractivity (Wildman–Crippen MR) is 60.2 cm³/mol. The number of aromatic nitrogens is 1. The lowest BCUT2D eigenvalue weighted by molar-refractivity contribution is 0.159. The van der Waals surface area contributed by atoms with Crippen molar-refractivity contribution in [2.45, 2.75) is 4.90 Å². The molecule has 15 heavy (non-hydrogen) atoms. The van der Waals surface area contributed by atoms with Gasteiger partial charge in [-0.15, -0.1) is 0 Å². The fourth-order valence-corrected chi connectivity index (χ4v) is 3.63. The maximum Gasteiger partial charge on any atom is 0.181 e. The van der Waals surface area contributed by atoms with E-state index >= 15 is 0 Å². The summed E-state index contributed by atoms with van der Waals surface area (Å²) in [5.41, 5.74) is 1.84. The molecule has 0 spiro atoms. The summed E-state index contributed by atoms with van der Waals surface area (Å²) < 4.78 is 10.6. The van der Waals surface area contributed by atoms with Crippen molar-refractivity contribution in [3.05, 3.63) is 24.6 Å². The molecule has 2 aromatic rings. The van der Waals surface area contributed by atoms with Gasteiger partial charge in [-0.3, -0.25) is 0 Å². The molecular weight excluding hydrogens is 210 g/mol. The van der Waals surface area contributed by atoms with Crippen LogP contribution in [0.3, 0.4) is 0 Å². The Kier molecular flexibility index (Phi) is 2.38. The largest absolute Gasteiger partial charge is 0.443 e. The van der Waals surface area contributed by atoms with Gasteiger partial charge in [0, 0.05) is 17.0 Å². The first-order valence-corrected chi connectivity index (χ1v) is 6.58. The molecule has 0 radical (unpaired) electrons. The van der Waals surface area contributed by atoms with E-state index in [0.717, 1.165) is 35.8 Å². The van der Waals surface area contributed by atoms with E-state index in [9.17, 15) is 0 Å². The summed E-state index contributed by atoms with van der Waals surface area (Å²) in [7, 11) is 0.345. The number of benzene rings is 1. The van der Waals surface area contributed by atoms with Gasteiger partial charge in [0.1, 0.15) is 17.0 Å². The van der Waals surface area contributed by atoms with Crippen LogP contribution in [0.15, 0.2) is 33.9 Å². The molecule has 1 aromatic heterocycles. The molecular formula is C11H12NO2S+. The van der Waals surface area contributed by atoms with Crippen molar-refractivity contribution in [3.8, 4) is 0 Å². The van der Waals surface area contributed by atoms with E-state index in [1.54, 1.807) is 0 Å². The first kappa shape index (κ1) is 9.24. The molecule has 0 bridgehead atoms. The van der Waals surface area contributed by atoms with Gasteiger partial charge in [0.25, 0.3) is 0 Å². The number of fused-ring (bicyclic) bond motifs is 1. The topological polar surface area (TPSA) is 35.3 Å². The summed E-state index contributed by atoms with van der Waals surface area (Å²) in [5, 5.41) is 0. The summed E-state index contributed by atoms with van der Waals surface area (Å²) in [6, 6.07) is 6.31. The first-order chi connectivity index (χ1) is 7.43. The van der Waals surface area contributed by atoms with E-state index in [0.29, 0.717) is 10.9 Å². The van der Waals surface area contributed by atoms with E-state index in [1.165, 1.54) is 11.3 Å². The third-order valence-corrected chi connectivity index (χ3v) is 4.82. The van der Waals surface area contributed by atoms with Crippen molar-refractivity contribution in [1.82, 2.24) is 4.98 Å². The number of hydrogen-bond donors (Lipinski definition) is 0. The predicted octanol–water partition coefficient (Wildman–Crippen LogP) is 1.84. The molecule has 78 valence electrons. The lowest BCUT2D eigenvalue weighted by Gasteiger charge is -2.13.